The van der Waals surface area contributed by atoms with Gasteiger partial charge in [-0.2, -0.15) is 13.2 Å². The molecule has 0 saturated heterocycles. The quantitative estimate of drug-likeness (QED) is 0.621. The minimum absolute atomic E-state index is 0.201. The van der Waals surface area contributed by atoms with Crippen molar-refractivity contribution in [1.29, 1.82) is 0 Å². The molecule has 1 atom stereocenters. The molecular formula is C20H22F3N3OS. The third-order valence-corrected chi connectivity index (χ3v) is 6.66. The van der Waals surface area contributed by atoms with Gasteiger partial charge in [-0.25, -0.2) is 4.99 Å². The number of nitrogens with zero attached hydrogens (tertiary/aromatic N) is 2. The van der Waals surface area contributed by atoms with Gasteiger partial charge in [0, 0.05) is 0 Å². The fourth-order valence-corrected chi connectivity index (χ4v) is 5.17. The summed E-state index contributed by atoms with van der Waals surface area (Å²) < 4.78 is 40.6. The van der Waals surface area contributed by atoms with Gasteiger partial charge < -0.3 is 0 Å². The van der Waals surface area contributed by atoms with Crippen LogP contribution in [0.15, 0.2) is 34.1 Å². The minimum atomic E-state index is -4.37. The number of fused-ring (bicyclic) bond motifs is 1. The zero-order valence-electron chi connectivity index (χ0n) is 15.6. The highest BCUT2D eigenvalue weighted by atomic mass is 32.2. The van der Waals surface area contributed by atoms with Crippen molar-refractivity contribution in [2.45, 2.75) is 62.9 Å². The average Bonchev–Trinajstić information content (AvgIpc) is 2.84. The van der Waals surface area contributed by atoms with Gasteiger partial charge in [0.25, 0.3) is 5.56 Å². The summed E-state index contributed by atoms with van der Waals surface area (Å²) >= 11 is 1.41. The third-order valence-electron chi connectivity index (χ3n) is 5.48. The number of halogens is 3. The summed E-state index contributed by atoms with van der Waals surface area (Å²) in [6, 6.07) is 5.29. The van der Waals surface area contributed by atoms with Crippen LogP contribution < -0.4 is 5.56 Å². The number of alkyl halides is 3. The van der Waals surface area contributed by atoms with E-state index in [1.807, 2.05) is 11.6 Å². The molecule has 1 aliphatic heterocycles. The summed E-state index contributed by atoms with van der Waals surface area (Å²) in [7, 11) is 0. The maximum atomic E-state index is 12.9. The molecule has 1 N–H and O–H groups in total. The standard InChI is InChI=1S/C20H22F3N3OS/c1-12-24-18-16(19(27)25-26(18)15-6-4-2-3-5-7-15)17(28-12)13-8-10-14(11-9-13)20(21,22)23/h8-11,15,17H,2-7H2,1H3,(H,25,27)/t17-/m1/s1. The van der Waals surface area contributed by atoms with Crippen LogP contribution in [0.1, 0.15) is 73.4 Å². The Balaban J connectivity index is 1.74. The fraction of sp³-hybridized carbons (Fsp3) is 0.500. The number of hydrogen-bond donors (Lipinski definition) is 1. The first-order valence-corrected chi connectivity index (χ1v) is 10.5. The summed E-state index contributed by atoms with van der Waals surface area (Å²) in [6.07, 6.45) is 2.29. The molecule has 1 aliphatic carbocycles. The fourth-order valence-electron chi connectivity index (χ4n) is 4.07. The van der Waals surface area contributed by atoms with E-state index < -0.39 is 11.7 Å². The molecule has 1 saturated carbocycles. The van der Waals surface area contributed by atoms with Crippen LogP contribution in [0.3, 0.4) is 0 Å². The molecule has 0 bridgehead atoms. The van der Waals surface area contributed by atoms with Gasteiger partial charge in [-0.1, -0.05) is 49.6 Å². The van der Waals surface area contributed by atoms with E-state index in [2.05, 4.69) is 10.1 Å². The van der Waals surface area contributed by atoms with E-state index in [0.29, 0.717) is 16.9 Å². The average molecular weight is 409 g/mol. The van der Waals surface area contributed by atoms with E-state index in [4.69, 9.17) is 0 Å². The van der Waals surface area contributed by atoms with Crippen molar-refractivity contribution in [1.82, 2.24) is 9.78 Å². The Morgan fingerprint density at radius 1 is 1.11 bits per heavy atom. The van der Waals surface area contributed by atoms with Crippen LogP contribution in [0.25, 0.3) is 0 Å². The van der Waals surface area contributed by atoms with Crippen LogP contribution in [-0.2, 0) is 6.18 Å². The van der Waals surface area contributed by atoms with Crippen LogP contribution in [0, 0.1) is 0 Å². The minimum Gasteiger partial charge on any atom is -0.268 e. The molecule has 2 heterocycles. The Bertz CT molecular complexity index is 935. The Labute approximate surface area is 165 Å². The van der Waals surface area contributed by atoms with Crippen LogP contribution >= 0.6 is 11.8 Å². The molecule has 28 heavy (non-hydrogen) atoms. The summed E-state index contributed by atoms with van der Waals surface area (Å²) in [5, 5.41) is 3.42. The zero-order chi connectivity index (χ0) is 19.9. The van der Waals surface area contributed by atoms with Crippen LogP contribution in [-0.4, -0.2) is 14.8 Å². The number of H-pyrrole nitrogens is 1. The van der Waals surface area contributed by atoms with Crippen LogP contribution in [0.2, 0.25) is 0 Å². The summed E-state index contributed by atoms with van der Waals surface area (Å²) in [6.45, 7) is 1.87. The molecule has 1 aromatic carbocycles. The van der Waals surface area contributed by atoms with E-state index >= 15 is 0 Å². The van der Waals surface area contributed by atoms with Gasteiger partial charge in [-0.15, -0.1) is 0 Å². The Morgan fingerprint density at radius 2 is 1.75 bits per heavy atom. The van der Waals surface area contributed by atoms with Crippen molar-refractivity contribution in [2.75, 3.05) is 0 Å². The lowest BCUT2D eigenvalue weighted by Gasteiger charge is -2.23. The van der Waals surface area contributed by atoms with Crippen LogP contribution in [0.5, 0.6) is 0 Å². The Kier molecular flexibility index (Phi) is 5.16. The van der Waals surface area contributed by atoms with E-state index in [1.165, 1.54) is 36.7 Å². The highest BCUT2D eigenvalue weighted by Gasteiger charge is 2.34. The first-order valence-electron chi connectivity index (χ1n) is 9.58. The van der Waals surface area contributed by atoms with Gasteiger partial charge >= 0.3 is 6.18 Å². The summed E-state index contributed by atoms with van der Waals surface area (Å²) in [5.74, 6) is 0.637. The molecule has 8 heteroatoms. The number of thioether (sulfide) groups is 1. The van der Waals surface area contributed by atoms with Crippen LogP contribution in [0.4, 0.5) is 19.0 Å². The second kappa shape index (κ2) is 7.46. The second-order valence-electron chi connectivity index (χ2n) is 7.44. The smallest absolute Gasteiger partial charge is 0.268 e. The van der Waals surface area contributed by atoms with Gasteiger partial charge in [-0.3, -0.25) is 14.6 Å². The number of aromatic nitrogens is 2. The molecule has 2 aliphatic rings. The Hall–Kier alpha value is -1.96. The molecule has 0 unspecified atom stereocenters. The lowest BCUT2D eigenvalue weighted by atomic mass is 10.0. The third kappa shape index (κ3) is 3.66. The normalized spacial score (nSPS) is 21.1. The SMILES string of the molecule is CC1=Nc2c(c(=O)[nH]n2C2CCCCCC2)[C@@H](c2ccc(C(F)(F)F)cc2)S1. The number of nitrogens with one attached hydrogen (secondary N) is 1. The Morgan fingerprint density at radius 3 is 2.36 bits per heavy atom. The molecule has 2 aromatic rings. The molecule has 0 radical (unpaired) electrons. The van der Waals surface area contributed by atoms with Crippen molar-refractivity contribution in [2.24, 2.45) is 4.99 Å². The van der Waals surface area contributed by atoms with Gasteiger partial charge in [0.15, 0.2) is 5.82 Å². The van der Waals surface area contributed by atoms with E-state index in [9.17, 15) is 18.0 Å². The predicted molar refractivity (Wildman–Crippen MR) is 105 cm³/mol. The molecule has 4 nitrogen and oxygen atoms in total. The maximum absolute atomic E-state index is 12.9. The van der Waals surface area contributed by atoms with Crippen molar-refractivity contribution in [3.63, 3.8) is 0 Å². The molecule has 1 fully saturated rings. The first kappa shape index (κ1) is 19.4. The lowest BCUT2D eigenvalue weighted by Crippen LogP contribution is -2.14. The second-order valence-corrected chi connectivity index (χ2v) is 8.74. The largest absolute Gasteiger partial charge is 0.416 e. The number of aliphatic imine (C=N–C) groups is 1. The summed E-state index contributed by atoms with van der Waals surface area (Å²) in [4.78, 5) is 17.4. The number of benzene rings is 1. The number of aromatic amines is 1. The van der Waals surface area contributed by atoms with Gasteiger partial charge in [-0.05, 0) is 37.5 Å². The van der Waals surface area contributed by atoms with Gasteiger partial charge in [0.2, 0.25) is 0 Å². The lowest BCUT2D eigenvalue weighted by molar-refractivity contribution is -0.137. The molecule has 0 spiro atoms. The molecule has 150 valence electrons. The number of hydrogen-bond acceptors (Lipinski definition) is 3. The molecular weight excluding hydrogens is 387 g/mol. The monoisotopic (exact) mass is 409 g/mol. The van der Waals surface area contributed by atoms with E-state index in [1.54, 1.807) is 0 Å². The molecule has 4 rings (SSSR count). The predicted octanol–water partition coefficient (Wildman–Crippen LogP) is 5.98. The van der Waals surface area contributed by atoms with Crippen molar-refractivity contribution >= 4 is 22.6 Å². The first-order chi connectivity index (χ1) is 13.3. The highest BCUT2D eigenvalue weighted by Crippen LogP contribution is 2.45. The highest BCUT2D eigenvalue weighted by molar-refractivity contribution is 8.14. The van der Waals surface area contributed by atoms with Crippen molar-refractivity contribution in [3.05, 3.63) is 51.3 Å². The van der Waals surface area contributed by atoms with Gasteiger partial charge in [0.1, 0.15) is 0 Å². The topological polar surface area (TPSA) is 50.1 Å². The van der Waals surface area contributed by atoms with Crippen molar-refractivity contribution < 1.29 is 13.2 Å². The molecule has 0 amide bonds. The summed E-state index contributed by atoms with van der Waals surface area (Å²) in [5.41, 5.74) is 0.331. The van der Waals surface area contributed by atoms with Gasteiger partial charge in [0.05, 0.1) is 27.5 Å². The number of rotatable bonds is 2. The van der Waals surface area contributed by atoms with Crippen molar-refractivity contribution in [3.8, 4) is 0 Å². The van der Waals surface area contributed by atoms with E-state index in [-0.39, 0.29) is 16.9 Å². The molecule has 1 aromatic heterocycles. The van der Waals surface area contributed by atoms with E-state index in [0.717, 1.165) is 42.9 Å². The maximum Gasteiger partial charge on any atom is 0.416 e. The zero-order valence-corrected chi connectivity index (χ0v) is 16.4.